The molecule has 2 atom stereocenters. The Bertz CT molecular complexity index is 1550. The lowest BCUT2D eigenvalue weighted by Gasteiger charge is -2.37. The fraction of sp³-hybridized carbons (Fsp3) is 0.344. The lowest BCUT2D eigenvalue weighted by molar-refractivity contribution is 0.0940. The molecule has 6 nitrogen and oxygen atoms in total. The van der Waals surface area contributed by atoms with Crippen molar-refractivity contribution in [2.45, 2.75) is 19.3 Å². The van der Waals surface area contributed by atoms with Gasteiger partial charge in [-0.25, -0.2) is 0 Å². The van der Waals surface area contributed by atoms with Gasteiger partial charge in [-0.1, -0.05) is 48.9 Å². The Hall–Kier alpha value is -3.55. The van der Waals surface area contributed by atoms with Crippen molar-refractivity contribution in [3.8, 4) is 11.1 Å². The summed E-state index contributed by atoms with van der Waals surface area (Å²) in [4.78, 5) is 31.0. The molecule has 1 saturated heterocycles. The monoisotopic (exact) mass is 536 g/mol. The average Bonchev–Trinajstić information content (AvgIpc) is 3.69. The second-order valence-electron chi connectivity index (χ2n) is 11.1. The van der Waals surface area contributed by atoms with Crippen LogP contribution in [0, 0.1) is 11.8 Å². The first-order chi connectivity index (χ1) is 19.2. The molecule has 4 aromatic rings. The quantitative estimate of drug-likeness (QED) is 0.312. The number of nitrogens with zero attached hydrogens (tertiary/aromatic N) is 3. The van der Waals surface area contributed by atoms with E-state index in [1.54, 1.807) is 17.6 Å². The molecular weight excluding hydrogens is 504 g/mol. The number of fused-ring (bicyclic) bond motifs is 4. The fourth-order valence-corrected chi connectivity index (χ4v) is 7.49. The number of hydrogen-bond acceptors (Lipinski definition) is 6. The molecule has 0 radical (unpaired) electrons. The molecule has 2 heterocycles. The minimum Gasteiger partial charge on any atom is -0.353 e. The largest absolute Gasteiger partial charge is 0.353 e. The van der Waals surface area contributed by atoms with Crippen LogP contribution < -0.4 is 10.2 Å². The van der Waals surface area contributed by atoms with E-state index in [2.05, 4.69) is 39.4 Å². The molecule has 1 amide bonds. The van der Waals surface area contributed by atoms with Gasteiger partial charge >= 0.3 is 0 Å². The van der Waals surface area contributed by atoms with Gasteiger partial charge in [0.05, 0.1) is 4.70 Å². The van der Waals surface area contributed by atoms with E-state index in [0.717, 1.165) is 61.7 Å². The third kappa shape index (κ3) is 4.53. The van der Waals surface area contributed by atoms with Crippen LogP contribution in [-0.2, 0) is 0 Å². The van der Waals surface area contributed by atoms with Crippen molar-refractivity contribution in [3.05, 3.63) is 83.4 Å². The summed E-state index contributed by atoms with van der Waals surface area (Å²) in [7, 11) is 0. The number of amides is 1. The van der Waals surface area contributed by atoms with E-state index in [1.807, 2.05) is 36.4 Å². The standard InChI is InChI=1S/C32H32N4O2S/c37-30-26-9-2-1-8-24(26)25-13-12-21(18-28(25)30)32(38)33-19-22-6-5-7-23(22)20-35-14-16-36(17-15-35)31-27-10-3-4-11-29(27)39-34-31/h1-4,8-13,18,22-23H,5-7,14-17,19-20H2,(H,33,38)/t22-,23-/m1/s1. The lowest BCUT2D eigenvalue weighted by Crippen LogP contribution is -2.48. The van der Waals surface area contributed by atoms with Crippen LogP contribution in [0.2, 0.25) is 0 Å². The second-order valence-corrected chi connectivity index (χ2v) is 11.9. The predicted octanol–water partition coefficient (Wildman–Crippen LogP) is 5.48. The number of benzene rings is 3. The highest BCUT2D eigenvalue weighted by Crippen LogP contribution is 2.37. The van der Waals surface area contributed by atoms with E-state index < -0.39 is 0 Å². The normalized spacial score (nSPS) is 20.8. The molecule has 0 unspecified atom stereocenters. The number of rotatable bonds is 6. The Labute approximate surface area is 232 Å². The van der Waals surface area contributed by atoms with Crippen molar-refractivity contribution in [3.63, 3.8) is 0 Å². The molecular formula is C32H32N4O2S. The van der Waals surface area contributed by atoms with E-state index in [1.165, 1.54) is 22.9 Å². The third-order valence-corrected chi connectivity index (χ3v) is 9.67. The molecule has 1 aliphatic heterocycles. The number of nitrogens with one attached hydrogen (secondary N) is 1. The zero-order valence-electron chi connectivity index (χ0n) is 21.9. The SMILES string of the molecule is O=C(NC[C@H]1CCC[C@@H]1CN1CCN(c2nsc3ccccc23)CC1)c1ccc2c(c1)C(=O)c1ccccc1-2. The Morgan fingerprint density at radius 2 is 1.62 bits per heavy atom. The van der Waals surface area contributed by atoms with Gasteiger partial charge in [0.2, 0.25) is 0 Å². The van der Waals surface area contributed by atoms with Gasteiger partial charge in [0.15, 0.2) is 5.78 Å². The first-order valence-electron chi connectivity index (χ1n) is 14.0. The number of carbonyl (C=O) groups excluding carboxylic acids is 2. The van der Waals surface area contributed by atoms with Crippen molar-refractivity contribution in [1.82, 2.24) is 14.6 Å². The summed E-state index contributed by atoms with van der Waals surface area (Å²) in [5, 5.41) is 4.46. The van der Waals surface area contributed by atoms with Gasteiger partial charge in [-0.15, -0.1) is 0 Å². The first-order valence-corrected chi connectivity index (χ1v) is 14.8. The lowest BCUT2D eigenvalue weighted by atomic mass is 9.94. The highest BCUT2D eigenvalue weighted by molar-refractivity contribution is 7.13. The van der Waals surface area contributed by atoms with Gasteiger partial charge in [0, 0.05) is 61.3 Å². The molecule has 3 aliphatic rings. The molecule has 3 aromatic carbocycles. The Kier molecular flexibility index (Phi) is 6.41. The predicted molar refractivity (Wildman–Crippen MR) is 157 cm³/mol. The molecule has 198 valence electrons. The van der Waals surface area contributed by atoms with Gasteiger partial charge in [-0.2, -0.15) is 4.37 Å². The highest BCUT2D eigenvalue weighted by atomic mass is 32.1. The zero-order valence-corrected chi connectivity index (χ0v) is 22.8. The first kappa shape index (κ1) is 24.5. The summed E-state index contributed by atoms with van der Waals surface area (Å²) >= 11 is 1.59. The Morgan fingerprint density at radius 3 is 2.49 bits per heavy atom. The number of hydrogen-bond donors (Lipinski definition) is 1. The van der Waals surface area contributed by atoms with Gasteiger partial charge in [-0.3, -0.25) is 14.5 Å². The number of aromatic nitrogens is 1. The van der Waals surface area contributed by atoms with Crippen molar-refractivity contribution in [2.24, 2.45) is 11.8 Å². The molecule has 1 aromatic heterocycles. The number of ketones is 1. The summed E-state index contributed by atoms with van der Waals surface area (Å²) in [5.41, 5.74) is 3.80. The van der Waals surface area contributed by atoms with Crippen molar-refractivity contribution < 1.29 is 9.59 Å². The van der Waals surface area contributed by atoms with Crippen LogP contribution in [0.1, 0.15) is 45.5 Å². The average molecular weight is 537 g/mol. The number of carbonyl (C=O) groups is 2. The molecule has 1 N–H and O–H groups in total. The molecule has 7 heteroatoms. The van der Waals surface area contributed by atoms with Gasteiger partial charge < -0.3 is 10.2 Å². The van der Waals surface area contributed by atoms with E-state index in [9.17, 15) is 9.59 Å². The topological polar surface area (TPSA) is 65.5 Å². The summed E-state index contributed by atoms with van der Waals surface area (Å²) in [5.74, 6) is 2.15. The molecule has 2 aliphatic carbocycles. The van der Waals surface area contributed by atoms with E-state index >= 15 is 0 Å². The molecule has 0 spiro atoms. The van der Waals surface area contributed by atoms with Gasteiger partial charge in [0.1, 0.15) is 5.82 Å². The Morgan fingerprint density at radius 1 is 0.872 bits per heavy atom. The minimum atomic E-state index is -0.0868. The Balaban J connectivity index is 0.940. The smallest absolute Gasteiger partial charge is 0.251 e. The van der Waals surface area contributed by atoms with E-state index in [0.29, 0.717) is 29.5 Å². The van der Waals surface area contributed by atoms with Gasteiger partial charge in [0.25, 0.3) is 5.91 Å². The highest BCUT2D eigenvalue weighted by Gasteiger charge is 2.31. The van der Waals surface area contributed by atoms with Crippen LogP contribution >= 0.6 is 11.5 Å². The summed E-state index contributed by atoms with van der Waals surface area (Å²) in [6, 6.07) is 21.7. The molecule has 7 rings (SSSR count). The van der Waals surface area contributed by atoms with Crippen LogP contribution in [0.5, 0.6) is 0 Å². The van der Waals surface area contributed by atoms with Crippen molar-refractivity contribution in [2.75, 3.05) is 44.2 Å². The molecule has 39 heavy (non-hydrogen) atoms. The second kappa shape index (κ2) is 10.2. The molecule has 1 saturated carbocycles. The van der Waals surface area contributed by atoms with Crippen molar-refractivity contribution in [1.29, 1.82) is 0 Å². The van der Waals surface area contributed by atoms with Crippen LogP contribution in [0.15, 0.2) is 66.7 Å². The maximum Gasteiger partial charge on any atom is 0.251 e. The van der Waals surface area contributed by atoms with Crippen LogP contribution in [-0.4, -0.2) is 60.2 Å². The third-order valence-electron chi connectivity index (χ3n) is 8.85. The maximum absolute atomic E-state index is 13.1. The van der Waals surface area contributed by atoms with Crippen molar-refractivity contribution >= 4 is 39.1 Å². The fourth-order valence-electron chi connectivity index (χ4n) is 6.69. The summed E-state index contributed by atoms with van der Waals surface area (Å²) < 4.78 is 6.00. The number of anilines is 1. The minimum absolute atomic E-state index is 0.00849. The maximum atomic E-state index is 13.1. The van der Waals surface area contributed by atoms with Crippen LogP contribution in [0.3, 0.4) is 0 Å². The molecule has 0 bridgehead atoms. The molecule has 2 fully saturated rings. The van der Waals surface area contributed by atoms with Crippen LogP contribution in [0.4, 0.5) is 5.82 Å². The zero-order chi connectivity index (χ0) is 26.3. The number of piperazine rings is 1. The van der Waals surface area contributed by atoms with Crippen LogP contribution in [0.25, 0.3) is 21.2 Å². The van der Waals surface area contributed by atoms with E-state index in [-0.39, 0.29) is 11.7 Å². The van der Waals surface area contributed by atoms with E-state index in [4.69, 9.17) is 4.37 Å². The van der Waals surface area contributed by atoms with Gasteiger partial charge in [-0.05, 0) is 71.6 Å². The summed E-state index contributed by atoms with van der Waals surface area (Å²) in [6.45, 7) is 5.89. The summed E-state index contributed by atoms with van der Waals surface area (Å²) in [6.07, 6.45) is 3.61.